The van der Waals surface area contributed by atoms with Crippen LogP contribution >= 0.6 is 0 Å². The van der Waals surface area contributed by atoms with Crippen LogP contribution in [0.25, 0.3) is 0 Å². The van der Waals surface area contributed by atoms with Crippen LogP contribution in [0.3, 0.4) is 0 Å². The Morgan fingerprint density at radius 3 is 2.25 bits per heavy atom. The normalized spacial score (nSPS) is 10.3. The van der Waals surface area contributed by atoms with Gasteiger partial charge in [-0.15, -0.1) is 0 Å². The fraction of sp³-hybridized carbons (Fsp3) is 0.235. The maximum absolute atomic E-state index is 12.0. The monoisotopic (exact) mass is 270 g/mol. The number of carbonyl (C=O) groups is 1. The number of aryl methyl sites for hydroxylation is 3. The van der Waals surface area contributed by atoms with Gasteiger partial charge in [-0.2, -0.15) is 0 Å². The van der Waals surface area contributed by atoms with Crippen LogP contribution in [0.15, 0.2) is 36.4 Å². The average Bonchev–Trinajstić information content (AvgIpc) is 2.42. The molecule has 0 heterocycles. The second kappa shape index (κ2) is 5.78. The van der Waals surface area contributed by atoms with Crippen LogP contribution in [0.2, 0.25) is 0 Å². The number of ether oxygens (including phenoxy) is 1. The van der Waals surface area contributed by atoms with Crippen molar-refractivity contribution in [3.8, 4) is 5.75 Å². The predicted molar refractivity (Wildman–Crippen MR) is 77.9 cm³/mol. The Hall–Kier alpha value is -2.29. The van der Waals surface area contributed by atoms with Gasteiger partial charge in [0.15, 0.2) is 0 Å². The van der Waals surface area contributed by atoms with Gasteiger partial charge in [-0.3, -0.25) is 0 Å². The molecule has 2 aromatic rings. The van der Waals surface area contributed by atoms with E-state index in [0.717, 1.165) is 22.3 Å². The van der Waals surface area contributed by atoms with E-state index in [9.17, 15) is 9.90 Å². The first kappa shape index (κ1) is 14.1. The summed E-state index contributed by atoms with van der Waals surface area (Å²) >= 11 is 0. The number of hydrogen-bond donors (Lipinski definition) is 1. The van der Waals surface area contributed by atoms with E-state index >= 15 is 0 Å². The lowest BCUT2D eigenvalue weighted by molar-refractivity contribution is 0.0471. The summed E-state index contributed by atoms with van der Waals surface area (Å²) in [5.41, 5.74) is 3.92. The zero-order valence-corrected chi connectivity index (χ0v) is 11.9. The summed E-state index contributed by atoms with van der Waals surface area (Å²) in [7, 11) is 0. The van der Waals surface area contributed by atoms with Gasteiger partial charge in [0, 0.05) is 0 Å². The van der Waals surface area contributed by atoms with E-state index in [1.165, 1.54) is 0 Å². The number of hydrogen-bond acceptors (Lipinski definition) is 3. The van der Waals surface area contributed by atoms with Crippen molar-refractivity contribution in [2.45, 2.75) is 27.4 Å². The van der Waals surface area contributed by atoms with E-state index in [-0.39, 0.29) is 12.6 Å². The molecule has 0 spiro atoms. The fourth-order valence-electron chi connectivity index (χ4n) is 2.16. The Morgan fingerprint density at radius 2 is 1.65 bits per heavy atom. The van der Waals surface area contributed by atoms with Gasteiger partial charge in [-0.25, -0.2) is 4.79 Å². The van der Waals surface area contributed by atoms with Gasteiger partial charge < -0.3 is 9.84 Å². The third-order valence-corrected chi connectivity index (χ3v) is 3.29. The molecule has 0 fully saturated rings. The molecule has 0 aliphatic heterocycles. The highest BCUT2D eigenvalue weighted by Crippen LogP contribution is 2.23. The van der Waals surface area contributed by atoms with Crippen molar-refractivity contribution in [1.29, 1.82) is 0 Å². The molecule has 0 aromatic heterocycles. The van der Waals surface area contributed by atoms with E-state index in [1.807, 2.05) is 51.1 Å². The van der Waals surface area contributed by atoms with Gasteiger partial charge in [0.05, 0.1) is 5.56 Å². The molecular formula is C17H18O3. The molecule has 3 nitrogen and oxygen atoms in total. The molecule has 104 valence electrons. The SMILES string of the molecule is Cc1ccccc1C(=O)OCc1cc(C)c(O)c(C)c1. The highest BCUT2D eigenvalue weighted by molar-refractivity contribution is 5.90. The lowest BCUT2D eigenvalue weighted by Crippen LogP contribution is -2.07. The Morgan fingerprint density at radius 1 is 1.05 bits per heavy atom. The second-order valence-corrected chi connectivity index (χ2v) is 4.97. The molecule has 0 atom stereocenters. The number of rotatable bonds is 3. The first-order valence-electron chi connectivity index (χ1n) is 6.51. The van der Waals surface area contributed by atoms with Gasteiger partial charge >= 0.3 is 5.97 Å². The quantitative estimate of drug-likeness (QED) is 0.865. The number of phenols is 1. The molecule has 2 aromatic carbocycles. The molecule has 0 saturated heterocycles. The van der Waals surface area contributed by atoms with E-state index in [0.29, 0.717) is 11.3 Å². The number of phenolic OH excluding ortho intramolecular Hbond substituents is 1. The maximum Gasteiger partial charge on any atom is 0.338 e. The summed E-state index contributed by atoms with van der Waals surface area (Å²) in [5, 5.41) is 9.71. The van der Waals surface area contributed by atoms with Crippen molar-refractivity contribution in [3.63, 3.8) is 0 Å². The molecule has 0 radical (unpaired) electrons. The smallest absolute Gasteiger partial charge is 0.338 e. The van der Waals surface area contributed by atoms with E-state index < -0.39 is 0 Å². The third kappa shape index (κ3) is 2.99. The molecule has 0 aliphatic rings. The molecular weight excluding hydrogens is 252 g/mol. The van der Waals surface area contributed by atoms with Crippen LogP contribution in [0.5, 0.6) is 5.75 Å². The zero-order valence-electron chi connectivity index (χ0n) is 11.9. The summed E-state index contributed by atoms with van der Waals surface area (Å²) < 4.78 is 5.32. The Bertz CT molecular complexity index is 621. The van der Waals surface area contributed by atoms with E-state index in [4.69, 9.17) is 4.74 Å². The Kier molecular flexibility index (Phi) is 4.08. The Balaban J connectivity index is 2.10. The number of esters is 1. The minimum Gasteiger partial charge on any atom is -0.507 e. The van der Waals surface area contributed by atoms with Crippen LogP contribution in [-0.2, 0) is 11.3 Å². The van der Waals surface area contributed by atoms with Gasteiger partial charge in [-0.05, 0) is 61.2 Å². The number of aromatic hydroxyl groups is 1. The average molecular weight is 270 g/mol. The molecule has 0 unspecified atom stereocenters. The highest BCUT2D eigenvalue weighted by Gasteiger charge is 2.10. The molecule has 2 rings (SSSR count). The summed E-state index contributed by atoms with van der Waals surface area (Å²) in [6.07, 6.45) is 0. The Labute approximate surface area is 118 Å². The van der Waals surface area contributed by atoms with Crippen LogP contribution in [0.4, 0.5) is 0 Å². The number of benzene rings is 2. The molecule has 1 N–H and O–H groups in total. The van der Waals surface area contributed by atoms with Crippen LogP contribution in [0.1, 0.15) is 32.6 Å². The van der Waals surface area contributed by atoms with Gasteiger partial charge in [-0.1, -0.05) is 18.2 Å². The maximum atomic E-state index is 12.0. The summed E-state index contributed by atoms with van der Waals surface area (Å²) in [6, 6.07) is 11.0. The van der Waals surface area contributed by atoms with E-state index in [2.05, 4.69) is 0 Å². The third-order valence-electron chi connectivity index (χ3n) is 3.29. The van der Waals surface area contributed by atoms with Crippen molar-refractivity contribution in [2.24, 2.45) is 0 Å². The number of carbonyl (C=O) groups excluding carboxylic acids is 1. The minimum absolute atomic E-state index is 0.203. The van der Waals surface area contributed by atoms with Crippen molar-refractivity contribution in [3.05, 3.63) is 64.2 Å². The fourth-order valence-corrected chi connectivity index (χ4v) is 2.16. The van der Waals surface area contributed by atoms with Crippen LogP contribution in [0, 0.1) is 20.8 Å². The molecule has 0 amide bonds. The summed E-state index contributed by atoms with van der Waals surface area (Å²) in [4.78, 5) is 12.0. The van der Waals surface area contributed by atoms with Crippen molar-refractivity contribution < 1.29 is 14.6 Å². The van der Waals surface area contributed by atoms with Gasteiger partial charge in [0.25, 0.3) is 0 Å². The summed E-state index contributed by atoms with van der Waals surface area (Å²) in [6.45, 7) is 5.74. The van der Waals surface area contributed by atoms with Crippen molar-refractivity contribution in [1.82, 2.24) is 0 Å². The van der Waals surface area contributed by atoms with Crippen molar-refractivity contribution >= 4 is 5.97 Å². The van der Waals surface area contributed by atoms with Crippen molar-refractivity contribution in [2.75, 3.05) is 0 Å². The predicted octanol–water partition coefficient (Wildman–Crippen LogP) is 3.67. The lowest BCUT2D eigenvalue weighted by Gasteiger charge is -2.10. The summed E-state index contributed by atoms with van der Waals surface area (Å²) in [5.74, 6) is -0.0366. The molecule has 0 aliphatic carbocycles. The first-order valence-corrected chi connectivity index (χ1v) is 6.51. The minimum atomic E-state index is -0.327. The van der Waals surface area contributed by atoms with Gasteiger partial charge in [0.1, 0.15) is 12.4 Å². The lowest BCUT2D eigenvalue weighted by atomic mass is 10.1. The van der Waals surface area contributed by atoms with E-state index in [1.54, 1.807) is 6.07 Å². The van der Waals surface area contributed by atoms with Crippen LogP contribution in [-0.4, -0.2) is 11.1 Å². The topological polar surface area (TPSA) is 46.5 Å². The van der Waals surface area contributed by atoms with Crippen LogP contribution < -0.4 is 0 Å². The molecule has 3 heteroatoms. The molecule has 0 bridgehead atoms. The highest BCUT2D eigenvalue weighted by atomic mass is 16.5. The molecule has 20 heavy (non-hydrogen) atoms. The standard InChI is InChI=1S/C17H18O3/c1-11-6-4-5-7-15(11)17(19)20-10-14-8-12(2)16(18)13(3)9-14/h4-9,18H,10H2,1-3H3. The largest absolute Gasteiger partial charge is 0.507 e. The second-order valence-electron chi connectivity index (χ2n) is 4.97. The van der Waals surface area contributed by atoms with Gasteiger partial charge in [0.2, 0.25) is 0 Å². The first-order chi connectivity index (χ1) is 9.49. The zero-order chi connectivity index (χ0) is 14.7. The molecule has 0 saturated carbocycles.